The summed E-state index contributed by atoms with van der Waals surface area (Å²) < 4.78 is 0. The summed E-state index contributed by atoms with van der Waals surface area (Å²) >= 11 is 12.2. The zero-order valence-electron chi connectivity index (χ0n) is 15.4. The van der Waals surface area contributed by atoms with E-state index in [1.54, 1.807) is 18.3 Å². The van der Waals surface area contributed by atoms with E-state index in [-0.39, 0.29) is 21.6 Å². The number of halogens is 2. The molecule has 4 rings (SSSR count). The largest absolute Gasteiger partial charge is 0.505 e. The number of Topliss-reactive ketones (excluding diaryl/α,β-unsaturated/α-hetero) is 1. The van der Waals surface area contributed by atoms with Crippen LogP contribution in [0.15, 0.2) is 66.9 Å². The Morgan fingerprint density at radius 1 is 0.966 bits per heavy atom. The maximum Gasteiger partial charge on any atom is 0.163 e. The Morgan fingerprint density at radius 3 is 2.31 bits per heavy atom. The van der Waals surface area contributed by atoms with Gasteiger partial charge >= 0.3 is 0 Å². The molecule has 4 nitrogen and oxygen atoms in total. The van der Waals surface area contributed by atoms with E-state index >= 15 is 0 Å². The van der Waals surface area contributed by atoms with Crippen molar-refractivity contribution >= 4 is 51.3 Å². The number of anilines is 2. The number of aromatic hydroxyl groups is 1. The van der Waals surface area contributed by atoms with Crippen LogP contribution in [0, 0.1) is 0 Å². The zero-order valence-corrected chi connectivity index (χ0v) is 16.9. The van der Waals surface area contributed by atoms with Gasteiger partial charge in [0.1, 0.15) is 0 Å². The second-order valence-electron chi connectivity index (χ2n) is 6.61. The maximum atomic E-state index is 12.2. The van der Waals surface area contributed by atoms with E-state index in [1.165, 1.54) is 6.92 Å². The van der Waals surface area contributed by atoms with Crippen molar-refractivity contribution in [1.29, 1.82) is 0 Å². The lowest BCUT2D eigenvalue weighted by Crippen LogP contribution is -2.03. The van der Waals surface area contributed by atoms with Crippen LogP contribution in [0.1, 0.15) is 17.3 Å². The summed E-state index contributed by atoms with van der Waals surface area (Å²) in [4.78, 5) is 16.7. The number of benzene rings is 3. The molecule has 0 aliphatic carbocycles. The average molecular weight is 423 g/mol. The number of carbonyl (C=O) groups excluding carboxylic acids is 1. The van der Waals surface area contributed by atoms with Gasteiger partial charge in [0, 0.05) is 17.3 Å². The van der Waals surface area contributed by atoms with Crippen molar-refractivity contribution in [2.45, 2.75) is 6.92 Å². The van der Waals surface area contributed by atoms with Gasteiger partial charge in [-0.1, -0.05) is 47.5 Å². The third kappa shape index (κ3) is 3.77. The molecule has 0 fully saturated rings. The third-order valence-electron chi connectivity index (χ3n) is 4.64. The van der Waals surface area contributed by atoms with Crippen molar-refractivity contribution < 1.29 is 9.90 Å². The number of phenols is 1. The predicted molar refractivity (Wildman–Crippen MR) is 119 cm³/mol. The van der Waals surface area contributed by atoms with Crippen LogP contribution in [0.2, 0.25) is 10.0 Å². The number of phenolic OH excluding ortho intramolecular Hbond substituents is 1. The lowest BCUT2D eigenvalue weighted by Gasteiger charge is -2.15. The van der Waals surface area contributed by atoms with E-state index in [0.29, 0.717) is 11.3 Å². The van der Waals surface area contributed by atoms with Gasteiger partial charge in [0.15, 0.2) is 11.5 Å². The molecule has 0 spiro atoms. The highest BCUT2D eigenvalue weighted by Crippen LogP contribution is 2.38. The van der Waals surface area contributed by atoms with Crippen LogP contribution >= 0.6 is 23.2 Å². The van der Waals surface area contributed by atoms with E-state index in [9.17, 15) is 9.90 Å². The summed E-state index contributed by atoms with van der Waals surface area (Å²) in [5.41, 5.74) is 4.38. The lowest BCUT2D eigenvalue weighted by molar-refractivity contribution is 0.101. The molecular weight excluding hydrogens is 407 g/mol. The molecule has 2 N–H and O–H groups in total. The van der Waals surface area contributed by atoms with Gasteiger partial charge in [0.05, 0.1) is 26.8 Å². The molecule has 0 radical (unpaired) electrons. The SMILES string of the molecule is CC(=O)c1cnc2ccc(-c3cc(Cl)c(O)c(Cl)c3)cc2c1Nc1ccccc1. The highest BCUT2D eigenvalue weighted by atomic mass is 35.5. The van der Waals surface area contributed by atoms with Gasteiger partial charge in [-0.15, -0.1) is 0 Å². The Kier molecular flexibility index (Phi) is 5.14. The summed E-state index contributed by atoms with van der Waals surface area (Å²) in [5, 5.41) is 14.3. The molecule has 0 saturated carbocycles. The van der Waals surface area contributed by atoms with Crippen molar-refractivity contribution in [1.82, 2.24) is 4.98 Å². The fourth-order valence-corrected chi connectivity index (χ4v) is 3.66. The number of rotatable bonds is 4. The Hall–Kier alpha value is -3.08. The molecule has 144 valence electrons. The quantitative estimate of drug-likeness (QED) is 0.352. The number of para-hydroxylation sites is 1. The fourth-order valence-electron chi connectivity index (χ4n) is 3.17. The number of pyridine rings is 1. The highest BCUT2D eigenvalue weighted by molar-refractivity contribution is 6.37. The first kappa shape index (κ1) is 19.2. The van der Waals surface area contributed by atoms with E-state index < -0.39 is 0 Å². The van der Waals surface area contributed by atoms with Crippen LogP contribution in [0.3, 0.4) is 0 Å². The van der Waals surface area contributed by atoms with Crippen LogP contribution in [0.4, 0.5) is 11.4 Å². The number of fused-ring (bicyclic) bond motifs is 1. The summed E-state index contributed by atoms with van der Waals surface area (Å²) in [6.45, 7) is 1.52. The molecule has 0 bridgehead atoms. The average Bonchev–Trinajstić information content (AvgIpc) is 2.72. The Balaban J connectivity index is 1.93. The van der Waals surface area contributed by atoms with Gasteiger partial charge in [-0.05, 0) is 54.4 Å². The van der Waals surface area contributed by atoms with Crippen LogP contribution in [-0.4, -0.2) is 15.9 Å². The number of hydrogen-bond donors (Lipinski definition) is 2. The van der Waals surface area contributed by atoms with Gasteiger partial charge in [-0.2, -0.15) is 0 Å². The predicted octanol–water partition coefficient (Wildman–Crippen LogP) is 6.86. The molecule has 0 aliphatic rings. The molecule has 3 aromatic carbocycles. The van der Waals surface area contributed by atoms with Crippen molar-refractivity contribution in [2.24, 2.45) is 0 Å². The van der Waals surface area contributed by atoms with E-state index in [2.05, 4.69) is 10.3 Å². The van der Waals surface area contributed by atoms with Gasteiger partial charge in [-0.3, -0.25) is 9.78 Å². The molecule has 4 aromatic rings. The Bertz CT molecular complexity index is 1220. The molecule has 0 aliphatic heterocycles. The number of nitrogens with one attached hydrogen (secondary N) is 1. The minimum Gasteiger partial charge on any atom is -0.505 e. The first-order valence-electron chi connectivity index (χ1n) is 8.88. The summed E-state index contributed by atoms with van der Waals surface area (Å²) in [7, 11) is 0. The number of hydrogen-bond acceptors (Lipinski definition) is 4. The molecule has 0 atom stereocenters. The number of carbonyl (C=O) groups is 1. The minimum absolute atomic E-state index is 0.0843. The van der Waals surface area contributed by atoms with Crippen LogP contribution in [-0.2, 0) is 0 Å². The Labute approximate surface area is 177 Å². The summed E-state index contributed by atoms with van der Waals surface area (Å²) in [6, 6.07) is 18.6. The maximum absolute atomic E-state index is 12.2. The van der Waals surface area contributed by atoms with Crippen molar-refractivity contribution in [3.8, 4) is 16.9 Å². The molecule has 6 heteroatoms. The molecule has 1 aromatic heterocycles. The Morgan fingerprint density at radius 2 is 1.66 bits per heavy atom. The number of aromatic nitrogens is 1. The highest BCUT2D eigenvalue weighted by Gasteiger charge is 2.15. The van der Waals surface area contributed by atoms with E-state index in [1.807, 2.05) is 48.5 Å². The van der Waals surface area contributed by atoms with Crippen LogP contribution < -0.4 is 5.32 Å². The lowest BCUT2D eigenvalue weighted by atomic mass is 10.00. The second-order valence-corrected chi connectivity index (χ2v) is 7.43. The standard InChI is InChI=1S/C23H16Cl2N2O2/c1-13(28)18-12-26-21-8-7-14(15-10-19(24)23(29)20(25)11-15)9-17(21)22(18)27-16-5-3-2-4-6-16/h2-12,29H,1H3,(H,26,27). The first-order chi connectivity index (χ1) is 13.9. The van der Waals surface area contributed by atoms with Gasteiger partial charge in [-0.25, -0.2) is 0 Å². The molecule has 0 saturated heterocycles. The summed E-state index contributed by atoms with van der Waals surface area (Å²) in [5.74, 6) is -0.233. The molecular formula is C23H16Cl2N2O2. The second kappa shape index (κ2) is 7.74. The van der Waals surface area contributed by atoms with Crippen LogP contribution in [0.25, 0.3) is 22.0 Å². The van der Waals surface area contributed by atoms with Crippen LogP contribution in [0.5, 0.6) is 5.75 Å². The van der Waals surface area contributed by atoms with Gasteiger partial charge < -0.3 is 10.4 Å². The van der Waals surface area contributed by atoms with E-state index in [4.69, 9.17) is 23.2 Å². The van der Waals surface area contributed by atoms with Crippen molar-refractivity contribution in [3.63, 3.8) is 0 Å². The normalized spacial score (nSPS) is 10.9. The third-order valence-corrected chi connectivity index (χ3v) is 5.22. The number of nitrogens with zero attached hydrogens (tertiary/aromatic N) is 1. The molecule has 1 heterocycles. The first-order valence-corrected chi connectivity index (χ1v) is 9.64. The topological polar surface area (TPSA) is 62.2 Å². The summed E-state index contributed by atoms with van der Waals surface area (Å²) in [6.07, 6.45) is 1.59. The molecule has 0 unspecified atom stereocenters. The monoisotopic (exact) mass is 422 g/mol. The zero-order chi connectivity index (χ0) is 20.5. The fraction of sp³-hybridized carbons (Fsp3) is 0.0435. The van der Waals surface area contributed by atoms with Crippen molar-refractivity contribution in [3.05, 3.63) is 82.5 Å². The van der Waals surface area contributed by atoms with E-state index in [0.717, 1.165) is 27.7 Å². The van der Waals surface area contributed by atoms with Crippen molar-refractivity contribution in [2.75, 3.05) is 5.32 Å². The molecule has 29 heavy (non-hydrogen) atoms. The molecule has 0 amide bonds. The minimum atomic E-state index is -0.148. The van der Waals surface area contributed by atoms with Gasteiger partial charge in [0.25, 0.3) is 0 Å². The van der Waals surface area contributed by atoms with Gasteiger partial charge in [0.2, 0.25) is 0 Å². The smallest absolute Gasteiger partial charge is 0.163 e. The number of ketones is 1.